The first-order valence-corrected chi connectivity index (χ1v) is 6.64. The molecule has 0 aliphatic heterocycles. The van der Waals surface area contributed by atoms with Crippen molar-refractivity contribution in [2.24, 2.45) is 0 Å². The van der Waals surface area contributed by atoms with E-state index in [2.05, 4.69) is 9.46 Å². The van der Waals surface area contributed by atoms with E-state index in [1.54, 1.807) is 6.92 Å². The van der Waals surface area contributed by atoms with E-state index in [1.165, 1.54) is 6.92 Å². The molecule has 0 amide bonds. The van der Waals surface area contributed by atoms with E-state index in [0.717, 1.165) is 7.11 Å². The first kappa shape index (κ1) is 15.9. The molecule has 0 aromatic heterocycles. The quantitative estimate of drug-likeness (QED) is 0.614. The zero-order valence-corrected chi connectivity index (χ0v) is 10.8. The third-order valence-corrected chi connectivity index (χ3v) is 3.87. The predicted octanol–water partition coefficient (Wildman–Crippen LogP) is -0.278. The number of carboxylic acid groups (broad SMARTS) is 1. The third kappa shape index (κ3) is 5.14. The first-order chi connectivity index (χ1) is 7.67. The molecule has 0 aliphatic rings. The van der Waals surface area contributed by atoms with E-state index in [-0.39, 0.29) is 12.8 Å². The molecule has 1 unspecified atom stereocenters. The monoisotopic (exact) mass is 267 g/mol. The van der Waals surface area contributed by atoms with Crippen molar-refractivity contribution >= 4 is 22.0 Å². The van der Waals surface area contributed by atoms with E-state index in [1.807, 2.05) is 0 Å². The number of rotatable bonds is 7. The zero-order chi connectivity index (χ0) is 13.7. The van der Waals surface area contributed by atoms with E-state index in [4.69, 9.17) is 5.11 Å². The largest absolute Gasteiger partial charge is 0.480 e. The van der Waals surface area contributed by atoms with Gasteiger partial charge in [-0.15, -0.1) is 0 Å². The molecule has 0 bridgehead atoms. The normalized spacial score (nSPS) is 15.0. The van der Waals surface area contributed by atoms with Crippen LogP contribution in [0.4, 0.5) is 0 Å². The molecule has 100 valence electrons. The van der Waals surface area contributed by atoms with Crippen LogP contribution >= 0.6 is 0 Å². The molecule has 17 heavy (non-hydrogen) atoms. The highest BCUT2D eigenvalue weighted by atomic mass is 32.2. The van der Waals surface area contributed by atoms with E-state index in [0.29, 0.717) is 0 Å². The summed E-state index contributed by atoms with van der Waals surface area (Å²) in [6.45, 7) is 2.82. The number of aliphatic carboxylic acids is 1. The highest BCUT2D eigenvalue weighted by Crippen LogP contribution is 2.11. The third-order valence-electron chi connectivity index (χ3n) is 2.36. The number of sulfonamides is 1. The maximum atomic E-state index is 11.5. The van der Waals surface area contributed by atoms with Gasteiger partial charge in [-0.05, 0) is 13.3 Å². The van der Waals surface area contributed by atoms with Gasteiger partial charge in [0, 0.05) is 0 Å². The second-order valence-electron chi connectivity index (χ2n) is 3.74. The molecule has 0 aromatic rings. The zero-order valence-electron chi connectivity index (χ0n) is 10.0. The summed E-state index contributed by atoms with van der Waals surface area (Å²) >= 11 is 0. The van der Waals surface area contributed by atoms with E-state index < -0.39 is 33.3 Å². The van der Waals surface area contributed by atoms with Gasteiger partial charge in [0.1, 0.15) is 5.54 Å². The number of ether oxygens (including phenoxy) is 1. The van der Waals surface area contributed by atoms with Crippen LogP contribution in [0.2, 0.25) is 0 Å². The summed E-state index contributed by atoms with van der Waals surface area (Å²) in [6.07, 6.45) is -0.217. The van der Waals surface area contributed by atoms with Gasteiger partial charge in [-0.2, -0.15) is 4.72 Å². The van der Waals surface area contributed by atoms with Crippen LogP contribution < -0.4 is 4.72 Å². The minimum Gasteiger partial charge on any atom is -0.480 e. The van der Waals surface area contributed by atoms with Gasteiger partial charge in [0.05, 0.1) is 19.3 Å². The lowest BCUT2D eigenvalue weighted by Crippen LogP contribution is -2.52. The van der Waals surface area contributed by atoms with Crippen molar-refractivity contribution in [1.29, 1.82) is 0 Å². The minimum atomic E-state index is -3.83. The second-order valence-corrected chi connectivity index (χ2v) is 5.58. The van der Waals surface area contributed by atoms with Gasteiger partial charge in [0.2, 0.25) is 10.0 Å². The molecule has 0 heterocycles. The molecule has 0 saturated heterocycles. The molecule has 0 spiro atoms. The number of methoxy groups -OCH3 is 1. The van der Waals surface area contributed by atoms with Gasteiger partial charge in [0.25, 0.3) is 0 Å². The Kier molecular flexibility index (Phi) is 5.56. The Morgan fingerprint density at radius 2 is 1.94 bits per heavy atom. The summed E-state index contributed by atoms with van der Waals surface area (Å²) in [5.74, 6) is -2.42. The summed E-state index contributed by atoms with van der Waals surface area (Å²) in [6, 6.07) is 0. The van der Waals surface area contributed by atoms with Crippen LogP contribution in [0.15, 0.2) is 0 Å². The molecule has 7 nitrogen and oxygen atoms in total. The van der Waals surface area contributed by atoms with Crippen molar-refractivity contribution in [3.05, 3.63) is 0 Å². The van der Waals surface area contributed by atoms with Gasteiger partial charge in [-0.1, -0.05) is 6.92 Å². The highest BCUT2D eigenvalue weighted by Gasteiger charge is 2.35. The molecule has 1 atom stereocenters. The van der Waals surface area contributed by atoms with Gasteiger partial charge in [0.15, 0.2) is 0 Å². The van der Waals surface area contributed by atoms with Crippen molar-refractivity contribution < 1.29 is 27.9 Å². The molecule has 0 rings (SSSR count). The summed E-state index contributed by atoms with van der Waals surface area (Å²) < 4.78 is 29.5. The lowest BCUT2D eigenvalue weighted by atomic mass is 10.0. The minimum absolute atomic E-state index is 0.0970. The standard InChI is InChI=1S/C9H17NO6S/c1-4-9(2,8(12)13)10-17(14,15)6-5-7(11)16-3/h10H,4-6H2,1-3H3,(H,12,13). The second kappa shape index (κ2) is 5.97. The Bertz CT molecular complexity index is 390. The fourth-order valence-corrected chi connectivity index (χ4v) is 2.44. The molecular formula is C9H17NO6S. The maximum Gasteiger partial charge on any atom is 0.324 e. The van der Waals surface area contributed by atoms with Crippen molar-refractivity contribution in [2.75, 3.05) is 12.9 Å². The molecule has 0 aromatic carbocycles. The summed E-state index contributed by atoms with van der Waals surface area (Å²) in [5.41, 5.74) is -1.56. The van der Waals surface area contributed by atoms with Crippen LogP contribution in [0.25, 0.3) is 0 Å². The fourth-order valence-electron chi connectivity index (χ4n) is 0.981. The van der Waals surface area contributed by atoms with Crippen LogP contribution in [0.3, 0.4) is 0 Å². The number of carbonyl (C=O) groups is 2. The number of hydrogen-bond acceptors (Lipinski definition) is 5. The number of nitrogens with one attached hydrogen (secondary N) is 1. The molecule has 0 aliphatic carbocycles. The van der Waals surface area contributed by atoms with Crippen molar-refractivity contribution in [3.8, 4) is 0 Å². The number of carbonyl (C=O) groups excluding carboxylic acids is 1. The Balaban J connectivity index is 4.64. The molecule has 0 saturated carbocycles. The number of hydrogen-bond donors (Lipinski definition) is 2. The fraction of sp³-hybridized carbons (Fsp3) is 0.778. The van der Waals surface area contributed by atoms with Crippen molar-refractivity contribution in [3.63, 3.8) is 0 Å². The lowest BCUT2D eigenvalue weighted by molar-refractivity contribution is -0.143. The van der Waals surface area contributed by atoms with E-state index >= 15 is 0 Å². The number of carboxylic acids is 1. The summed E-state index contributed by atoms with van der Waals surface area (Å²) in [4.78, 5) is 21.7. The molecule has 0 radical (unpaired) electrons. The SMILES string of the molecule is CCC(C)(NS(=O)(=O)CCC(=O)OC)C(=O)O. The average Bonchev–Trinajstić information content (AvgIpc) is 2.25. The Labute approximate surface area is 100 Å². The Hall–Kier alpha value is -1.15. The van der Waals surface area contributed by atoms with Crippen LogP contribution in [-0.2, 0) is 24.3 Å². The van der Waals surface area contributed by atoms with Crippen LogP contribution in [0.1, 0.15) is 26.7 Å². The summed E-state index contributed by atoms with van der Waals surface area (Å²) in [5, 5.41) is 8.90. The van der Waals surface area contributed by atoms with Gasteiger partial charge < -0.3 is 9.84 Å². The first-order valence-electron chi connectivity index (χ1n) is 4.98. The van der Waals surface area contributed by atoms with Crippen molar-refractivity contribution in [2.45, 2.75) is 32.2 Å². The Morgan fingerprint density at radius 3 is 2.29 bits per heavy atom. The molecule has 2 N–H and O–H groups in total. The van der Waals surface area contributed by atoms with E-state index in [9.17, 15) is 18.0 Å². The van der Waals surface area contributed by atoms with Crippen LogP contribution in [0, 0.1) is 0 Å². The van der Waals surface area contributed by atoms with Crippen LogP contribution in [-0.4, -0.2) is 43.9 Å². The Morgan fingerprint density at radius 1 is 1.41 bits per heavy atom. The van der Waals surface area contributed by atoms with Gasteiger partial charge >= 0.3 is 11.9 Å². The number of esters is 1. The maximum absolute atomic E-state index is 11.5. The topological polar surface area (TPSA) is 110 Å². The molecule has 0 fully saturated rings. The predicted molar refractivity (Wildman–Crippen MR) is 59.9 cm³/mol. The molecule has 8 heteroatoms. The lowest BCUT2D eigenvalue weighted by Gasteiger charge is -2.24. The average molecular weight is 267 g/mol. The highest BCUT2D eigenvalue weighted by molar-refractivity contribution is 7.89. The van der Waals surface area contributed by atoms with Gasteiger partial charge in [-0.25, -0.2) is 8.42 Å². The van der Waals surface area contributed by atoms with Crippen LogP contribution in [0.5, 0.6) is 0 Å². The smallest absolute Gasteiger partial charge is 0.324 e. The van der Waals surface area contributed by atoms with Gasteiger partial charge in [-0.3, -0.25) is 9.59 Å². The van der Waals surface area contributed by atoms with Crippen molar-refractivity contribution in [1.82, 2.24) is 4.72 Å². The molecular weight excluding hydrogens is 250 g/mol. The summed E-state index contributed by atoms with van der Waals surface area (Å²) in [7, 11) is -2.68.